The minimum Gasteiger partial charge on any atom is -0.377 e. The second-order valence-electron chi connectivity index (χ2n) is 5.91. The standard InChI is InChI=1S/C15H20ClN3O2/c1-18(2)14-8-11(7-13(16)17-14)15(20)19-5-6-21-9-12(19)10-3-4-10/h7-8,10,12H,3-6,9H2,1-2H3. The first-order chi connectivity index (χ1) is 10.1. The number of hydrogen-bond acceptors (Lipinski definition) is 4. The van der Waals surface area contributed by atoms with E-state index in [9.17, 15) is 4.79 Å². The van der Waals surface area contributed by atoms with Crippen LogP contribution in [0.1, 0.15) is 23.2 Å². The Morgan fingerprint density at radius 2 is 2.19 bits per heavy atom. The molecule has 0 radical (unpaired) electrons. The predicted octanol–water partition coefficient (Wildman–Crippen LogP) is 2.05. The SMILES string of the molecule is CN(C)c1cc(C(=O)N2CCOCC2C2CC2)cc(Cl)n1. The third kappa shape index (κ3) is 3.14. The zero-order chi connectivity index (χ0) is 15.0. The van der Waals surface area contributed by atoms with Crippen molar-refractivity contribution < 1.29 is 9.53 Å². The van der Waals surface area contributed by atoms with Crippen LogP contribution in [0.25, 0.3) is 0 Å². The number of morpholine rings is 1. The van der Waals surface area contributed by atoms with Gasteiger partial charge in [0.15, 0.2) is 0 Å². The van der Waals surface area contributed by atoms with E-state index < -0.39 is 0 Å². The average Bonchev–Trinajstić information content (AvgIpc) is 3.30. The number of carbonyl (C=O) groups is 1. The first-order valence-electron chi connectivity index (χ1n) is 7.30. The molecule has 0 spiro atoms. The summed E-state index contributed by atoms with van der Waals surface area (Å²) in [6.45, 7) is 1.90. The van der Waals surface area contributed by atoms with Crippen LogP contribution in [-0.2, 0) is 4.74 Å². The maximum absolute atomic E-state index is 12.8. The van der Waals surface area contributed by atoms with Crippen molar-refractivity contribution in [3.05, 3.63) is 22.8 Å². The van der Waals surface area contributed by atoms with Gasteiger partial charge in [0.2, 0.25) is 0 Å². The summed E-state index contributed by atoms with van der Waals surface area (Å²) >= 11 is 6.06. The van der Waals surface area contributed by atoms with Gasteiger partial charge >= 0.3 is 0 Å². The van der Waals surface area contributed by atoms with Crippen molar-refractivity contribution in [3.8, 4) is 0 Å². The highest BCUT2D eigenvalue weighted by atomic mass is 35.5. The summed E-state index contributed by atoms with van der Waals surface area (Å²) in [4.78, 5) is 20.9. The number of rotatable bonds is 3. The number of carbonyl (C=O) groups excluding carboxylic acids is 1. The average molecular weight is 310 g/mol. The van der Waals surface area contributed by atoms with Crippen LogP contribution >= 0.6 is 11.6 Å². The van der Waals surface area contributed by atoms with E-state index in [2.05, 4.69) is 4.98 Å². The van der Waals surface area contributed by atoms with Crippen LogP contribution in [-0.4, -0.2) is 55.7 Å². The molecule has 1 aromatic heterocycles. The molecule has 0 bridgehead atoms. The molecule has 1 amide bonds. The van der Waals surface area contributed by atoms with Crippen molar-refractivity contribution >= 4 is 23.3 Å². The van der Waals surface area contributed by atoms with Gasteiger partial charge in [-0.25, -0.2) is 4.98 Å². The van der Waals surface area contributed by atoms with Crippen LogP contribution in [0.2, 0.25) is 5.15 Å². The van der Waals surface area contributed by atoms with Crippen molar-refractivity contribution in [2.24, 2.45) is 5.92 Å². The highest BCUT2D eigenvalue weighted by Gasteiger charge is 2.39. The molecule has 2 fully saturated rings. The Balaban J connectivity index is 1.86. The normalized spacial score (nSPS) is 22.2. The van der Waals surface area contributed by atoms with Crippen LogP contribution in [0.3, 0.4) is 0 Å². The zero-order valence-corrected chi connectivity index (χ0v) is 13.1. The molecule has 1 saturated heterocycles. The van der Waals surface area contributed by atoms with E-state index in [4.69, 9.17) is 16.3 Å². The van der Waals surface area contributed by atoms with Crippen molar-refractivity contribution in [1.29, 1.82) is 0 Å². The molecule has 1 saturated carbocycles. The van der Waals surface area contributed by atoms with E-state index in [-0.39, 0.29) is 11.9 Å². The number of ether oxygens (including phenoxy) is 1. The summed E-state index contributed by atoms with van der Waals surface area (Å²) in [6, 6.07) is 3.66. The lowest BCUT2D eigenvalue weighted by Crippen LogP contribution is -2.49. The van der Waals surface area contributed by atoms with Crippen LogP contribution in [0, 0.1) is 5.92 Å². The third-order valence-electron chi connectivity index (χ3n) is 4.08. The van der Waals surface area contributed by atoms with E-state index >= 15 is 0 Å². The summed E-state index contributed by atoms with van der Waals surface area (Å²) in [7, 11) is 3.77. The van der Waals surface area contributed by atoms with E-state index in [0.717, 1.165) is 0 Å². The second kappa shape index (κ2) is 5.81. The van der Waals surface area contributed by atoms with Gasteiger partial charge in [-0.15, -0.1) is 0 Å². The van der Waals surface area contributed by atoms with Gasteiger partial charge in [-0.05, 0) is 30.9 Å². The van der Waals surface area contributed by atoms with Gasteiger partial charge in [0.05, 0.1) is 19.3 Å². The molecule has 3 rings (SSSR count). The number of aromatic nitrogens is 1. The number of nitrogens with zero attached hydrogens (tertiary/aromatic N) is 3. The topological polar surface area (TPSA) is 45.7 Å². The smallest absolute Gasteiger partial charge is 0.254 e. The molecule has 114 valence electrons. The second-order valence-corrected chi connectivity index (χ2v) is 6.30. The number of amides is 1. The van der Waals surface area contributed by atoms with Crippen molar-refractivity contribution in [3.63, 3.8) is 0 Å². The molecule has 0 aromatic carbocycles. The number of halogens is 1. The van der Waals surface area contributed by atoms with Crippen molar-refractivity contribution in [2.45, 2.75) is 18.9 Å². The molecule has 1 unspecified atom stereocenters. The number of pyridine rings is 1. The molecule has 0 N–H and O–H groups in total. The van der Waals surface area contributed by atoms with Gasteiger partial charge in [-0.1, -0.05) is 11.6 Å². The zero-order valence-electron chi connectivity index (χ0n) is 12.4. The Kier molecular flexibility index (Phi) is 4.04. The van der Waals surface area contributed by atoms with Gasteiger partial charge in [-0.2, -0.15) is 0 Å². The first-order valence-corrected chi connectivity index (χ1v) is 7.67. The number of anilines is 1. The van der Waals surface area contributed by atoms with Crippen LogP contribution in [0.15, 0.2) is 12.1 Å². The van der Waals surface area contributed by atoms with E-state index in [0.29, 0.717) is 42.2 Å². The molecular weight excluding hydrogens is 290 g/mol. The van der Waals surface area contributed by atoms with Crippen molar-refractivity contribution in [2.75, 3.05) is 38.8 Å². The molecule has 1 atom stereocenters. The van der Waals surface area contributed by atoms with Gasteiger partial charge in [0, 0.05) is 26.2 Å². The Labute approximate surface area is 129 Å². The Bertz CT molecular complexity index is 546. The van der Waals surface area contributed by atoms with E-state index in [1.165, 1.54) is 12.8 Å². The highest BCUT2D eigenvalue weighted by molar-refractivity contribution is 6.29. The minimum absolute atomic E-state index is 0.0302. The molecule has 1 aromatic rings. The highest BCUT2D eigenvalue weighted by Crippen LogP contribution is 2.37. The fraction of sp³-hybridized carbons (Fsp3) is 0.600. The summed E-state index contributed by atoms with van der Waals surface area (Å²) in [5.74, 6) is 1.32. The van der Waals surface area contributed by atoms with Crippen LogP contribution in [0.4, 0.5) is 5.82 Å². The first kappa shape index (κ1) is 14.6. The molecule has 2 heterocycles. The summed E-state index contributed by atoms with van der Waals surface area (Å²) < 4.78 is 5.54. The Morgan fingerprint density at radius 1 is 1.43 bits per heavy atom. The fourth-order valence-corrected chi connectivity index (χ4v) is 2.95. The summed E-state index contributed by atoms with van der Waals surface area (Å²) in [6.07, 6.45) is 2.38. The van der Waals surface area contributed by atoms with Gasteiger partial charge in [0.1, 0.15) is 11.0 Å². The fourth-order valence-electron chi connectivity index (χ4n) is 2.75. The molecule has 6 heteroatoms. The number of hydrogen-bond donors (Lipinski definition) is 0. The molecular formula is C15H20ClN3O2. The summed E-state index contributed by atoms with van der Waals surface area (Å²) in [5, 5.41) is 0.348. The predicted molar refractivity (Wildman–Crippen MR) is 81.9 cm³/mol. The maximum atomic E-state index is 12.8. The Hall–Kier alpha value is -1.33. The van der Waals surface area contributed by atoms with E-state index in [1.54, 1.807) is 12.1 Å². The van der Waals surface area contributed by atoms with E-state index in [1.807, 2.05) is 23.9 Å². The van der Waals surface area contributed by atoms with Crippen molar-refractivity contribution in [1.82, 2.24) is 9.88 Å². The van der Waals surface area contributed by atoms with Crippen LogP contribution in [0.5, 0.6) is 0 Å². The molecule has 1 aliphatic carbocycles. The largest absolute Gasteiger partial charge is 0.377 e. The van der Waals surface area contributed by atoms with Gasteiger partial charge in [-0.3, -0.25) is 4.79 Å². The quantitative estimate of drug-likeness (QED) is 0.802. The summed E-state index contributed by atoms with van der Waals surface area (Å²) in [5.41, 5.74) is 0.603. The maximum Gasteiger partial charge on any atom is 0.254 e. The molecule has 5 nitrogen and oxygen atoms in total. The van der Waals surface area contributed by atoms with Crippen LogP contribution < -0.4 is 4.90 Å². The van der Waals surface area contributed by atoms with Gasteiger partial charge in [0.25, 0.3) is 5.91 Å². The lowest BCUT2D eigenvalue weighted by molar-refractivity contribution is -0.00834. The lowest BCUT2D eigenvalue weighted by Gasteiger charge is -2.36. The third-order valence-corrected chi connectivity index (χ3v) is 4.27. The Morgan fingerprint density at radius 3 is 2.86 bits per heavy atom. The molecule has 2 aliphatic rings. The van der Waals surface area contributed by atoms with Gasteiger partial charge < -0.3 is 14.5 Å². The minimum atomic E-state index is 0.0302. The monoisotopic (exact) mass is 309 g/mol. The lowest BCUT2D eigenvalue weighted by atomic mass is 10.1. The molecule has 21 heavy (non-hydrogen) atoms. The molecule has 1 aliphatic heterocycles.